The van der Waals surface area contributed by atoms with E-state index in [0.717, 1.165) is 24.6 Å². The van der Waals surface area contributed by atoms with Crippen LogP contribution >= 0.6 is 0 Å². The van der Waals surface area contributed by atoms with E-state index in [1.54, 1.807) is 12.4 Å². The van der Waals surface area contributed by atoms with Crippen LogP contribution in [0.3, 0.4) is 0 Å². The quantitative estimate of drug-likeness (QED) is 0.753. The standard InChI is InChI=1S/C19H24N4O2/c24-17(8-5-12-3-1-2-4-12)22-14-9-15-16(11-21-18(15)20-10-14)19(25)23-13-6-7-13/h9-13H,1-8H2,(H,20,21)(H,22,24)(H,23,25). The summed E-state index contributed by atoms with van der Waals surface area (Å²) in [6.45, 7) is 0. The number of fused-ring (bicyclic) bond motifs is 1. The molecule has 0 bridgehead atoms. The summed E-state index contributed by atoms with van der Waals surface area (Å²) in [6, 6.07) is 2.14. The lowest BCUT2D eigenvalue weighted by molar-refractivity contribution is -0.116. The summed E-state index contributed by atoms with van der Waals surface area (Å²) in [5, 5.41) is 6.65. The number of hydrogen-bond donors (Lipinski definition) is 3. The van der Waals surface area contributed by atoms with Crippen LogP contribution in [0.15, 0.2) is 18.5 Å². The molecule has 4 rings (SSSR count). The number of H-pyrrole nitrogens is 1. The van der Waals surface area contributed by atoms with E-state index >= 15 is 0 Å². The molecule has 2 heterocycles. The number of hydrogen-bond acceptors (Lipinski definition) is 3. The highest BCUT2D eigenvalue weighted by Crippen LogP contribution is 2.29. The molecule has 3 N–H and O–H groups in total. The number of nitrogens with zero attached hydrogens (tertiary/aromatic N) is 1. The van der Waals surface area contributed by atoms with Crippen LogP contribution < -0.4 is 10.6 Å². The molecule has 2 aliphatic carbocycles. The minimum Gasteiger partial charge on any atom is -0.349 e. The Labute approximate surface area is 146 Å². The second-order valence-electron chi connectivity index (χ2n) is 7.31. The number of nitrogens with one attached hydrogen (secondary N) is 3. The molecule has 2 aromatic rings. The van der Waals surface area contributed by atoms with Gasteiger partial charge in [-0.1, -0.05) is 25.7 Å². The fraction of sp³-hybridized carbons (Fsp3) is 0.526. The van der Waals surface area contributed by atoms with Crippen molar-refractivity contribution in [2.24, 2.45) is 5.92 Å². The third-order valence-electron chi connectivity index (χ3n) is 5.23. The Balaban J connectivity index is 1.42. The molecule has 2 aromatic heterocycles. The van der Waals surface area contributed by atoms with Gasteiger partial charge >= 0.3 is 0 Å². The fourth-order valence-electron chi connectivity index (χ4n) is 3.61. The predicted octanol–water partition coefficient (Wildman–Crippen LogP) is 3.36. The van der Waals surface area contributed by atoms with E-state index in [4.69, 9.17) is 0 Å². The first-order valence-electron chi connectivity index (χ1n) is 9.27. The highest BCUT2D eigenvalue weighted by atomic mass is 16.2. The van der Waals surface area contributed by atoms with Crippen molar-refractivity contribution in [3.8, 4) is 0 Å². The third-order valence-corrected chi connectivity index (χ3v) is 5.23. The number of amides is 2. The highest BCUT2D eigenvalue weighted by Gasteiger charge is 2.25. The van der Waals surface area contributed by atoms with E-state index in [0.29, 0.717) is 35.3 Å². The molecule has 0 aliphatic heterocycles. The van der Waals surface area contributed by atoms with Crippen LogP contribution in [-0.2, 0) is 4.79 Å². The maximum atomic E-state index is 12.3. The van der Waals surface area contributed by atoms with Crippen molar-refractivity contribution < 1.29 is 9.59 Å². The van der Waals surface area contributed by atoms with Gasteiger partial charge in [-0.2, -0.15) is 0 Å². The second-order valence-corrected chi connectivity index (χ2v) is 7.31. The molecule has 132 valence electrons. The summed E-state index contributed by atoms with van der Waals surface area (Å²) in [5.74, 6) is 0.640. The fourth-order valence-corrected chi connectivity index (χ4v) is 3.61. The maximum absolute atomic E-state index is 12.3. The van der Waals surface area contributed by atoms with Crippen molar-refractivity contribution in [1.82, 2.24) is 15.3 Å². The van der Waals surface area contributed by atoms with Gasteiger partial charge in [0.25, 0.3) is 5.91 Å². The van der Waals surface area contributed by atoms with Gasteiger partial charge < -0.3 is 15.6 Å². The average Bonchev–Trinajstić information content (AvgIpc) is 3.11. The Kier molecular flexibility index (Phi) is 4.42. The highest BCUT2D eigenvalue weighted by molar-refractivity contribution is 6.07. The molecule has 0 unspecified atom stereocenters. The van der Waals surface area contributed by atoms with Gasteiger partial charge in [0, 0.05) is 24.0 Å². The smallest absolute Gasteiger partial charge is 0.253 e. The van der Waals surface area contributed by atoms with Crippen LogP contribution in [0, 0.1) is 5.92 Å². The molecule has 2 saturated carbocycles. The molecule has 2 aliphatic rings. The largest absolute Gasteiger partial charge is 0.349 e. The van der Waals surface area contributed by atoms with Gasteiger partial charge in [0.1, 0.15) is 5.65 Å². The van der Waals surface area contributed by atoms with Gasteiger partial charge in [0.15, 0.2) is 0 Å². The number of anilines is 1. The van der Waals surface area contributed by atoms with E-state index in [1.165, 1.54) is 25.7 Å². The summed E-state index contributed by atoms with van der Waals surface area (Å²) >= 11 is 0. The Bertz CT molecular complexity index is 788. The number of rotatable bonds is 6. The number of pyridine rings is 1. The van der Waals surface area contributed by atoms with E-state index < -0.39 is 0 Å². The minimum absolute atomic E-state index is 0.0209. The normalized spacial score (nSPS) is 17.8. The second kappa shape index (κ2) is 6.86. The number of carbonyl (C=O) groups excluding carboxylic acids is 2. The van der Waals surface area contributed by atoms with Crippen LogP contribution in [0.25, 0.3) is 11.0 Å². The SMILES string of the molecule is O=C(CCC1CCCC1)Nc1cnc2[nH]cc(C(=O)NC3CC3)c2c1. The lowest BCUT2D eigenvalue weighted by Gasteiger charge is -2.09. The minimum atomic E-state index is -0.0831. The van der Waals surface area contributed by atoms with Crippen LogP contribution in [0.4, 0.5) is 5.69 Å². The molecule has 25 heavy (non-hydrogen) atoms. The number of aromatic nitrogens is 2. The molecule has 6 heteroatoms. The van der Waals surface area contributed by atoms with Gasteiger partial charge in [-0.05, 0) is 31.2 Å². The lowest BCUT2D eigenvalue weighted by atomic mass is 10.0. The van der Waals surface area contributed by atoms with Crippen molar-refractivity contribution in [2.75, 3.05) is 5.32 Å². The summed E-state index contributed by atoms with van der Waals surface area (Å²) in [7, 11) is 0. The summed E-state index contributed by atoms with van der Waals surface area (Å²) in [4.78, 5) is 31.8. The van der Waals surface area contributed by atoms with E-state index in [9.17, 15) is 9.59 Å². The van der Waals surface area contributed by atoms with Crippen LogP contribution in [0.5, 0.6) is 0 Å². The van der Waals surface area contributed by atoms with E-state index in [-0.39, 0.29) is 11.8 Å². The first-order chi connectivity index (χ1) is 12.2. The summed E-state index contributed by atoms with van der Waals surface area (Å²) in [6.07, 6.45) is 12.0. The Morgan fingerprint density at radius 3 is 2.76 bits per heavy atom. The molecular formula is C19H24N4O2. The zero-order chi connectivity index (χ0) is 17.2. The van der Waals surface area contributed by atoms with Crippen molar-refractivity contribution >= 4 is 28.5 Å². The molecule has 0 radical (unpaired) electrons. The van der Waals surface area contributed by atoms with Crippen LogP contribution in [-0.4, -0.2) is 27.8 Å². The monoisotopic (exact) mass is 340 g/mol. The molecule has 6 nitrogen and oxygen atoms in total. The van der Waals surface area contributed by atoms with Crippen LogP contribution in [0.1, 0.15) is 61.7 Å². The molecule has 0 atom stereocenters. The van der Waals surface area contributed by atoms with E-state index in [1.807, 2.05) is 6.07 Å². The average molecular weight is 340 g/mol. The topological polar surface area (TPSA) is 86.9 Å². The Morgan fingerprint density at radius 2 is 2.00 bits per heavy atom. The first kappa shape index (κ1) is 16.1. The maximum Gasteiger partial charge on any atom is 0.253 e. The van der Waals surface area contributed by atoms with Gasteiger partial charge in [0.2, 0.25) is 5.91 Å². The first-order valence-corrected chi connectivity index (χ1v) is 9.27. The summed E-state index contributed by atoms with van der Waals surface area (Å²) < 4.78 is 0. The molecule has 0 aromatic carbocycles. The summed E-state index contributed by atoms with van der Waals surface area (Å²) in [5.41, 5.74) is 1.88. The zero-order valence-corrected chi connectivity index (χ0v) is 14.3. The Hall–Kier alpha value is -2.37. The molecule has 0 saturated heterocycles. The number of aromatic amines is 1. The molecule has 2 amide bonds. The van der Waals surface area contributed by atoms with Gasteiger partial charge in [0.05, 0.1) is 17.4 Å². The number of carbonyl (C=O) groups is 2. The van der Waals surface area contributed by atoms with E-state index in [2.05, 4.69) is 20.6 Å². The van der Waals surface area contributed by atoms with Crippen molar-refractivity contribution in [1.29, 1.82) is 0 Å². The van der Waals surface area contributed by atoms with Crippen LogP contribution in [0.2, 0.25) is 0 Å². The van der Waals surface area contributed by atoms with Gasteiger partial charge in [-0.15, -0.1) is 0 Å². The van der Waals surface area contributed by atoms with Gasteiger partial charge in [-0.3, -0.25) is 9.59 Å². The Morgan fingerprint density at radius 1 is 1.20 bits per heavy atom. The zero-order valence-electron chi connectivity index (χ0n) is 14.3. The van der Waals surface area contributed by atoms with Crippen molar-refractivity contribution in [3.05, 3.63) is 24.0 Å². The molecule has 2 fully saturated rings. The molecule has 0 spiro atoms. The van der Waals surface area contributed by atoms with Gasteiger partial charge in [-0.25, -0.2) is 4.98 Å². The third kappa shape index (κ3) is 3.83. The lowest BCUT2D eigenvalue weighted by Crippen LogP contribution is -2.25. The van der Waals surface area contributed by atoms with Crippen molar-refractivity contribution in [2.45, 2.75) is 57.4 Å². The van der Waals surface area contributed by atoms with Crippen molar-refractivity contribution in [3.63, 3.8) is 0 Å². The molecular weight excluding hydrogens is 316 g/mol. The predicted molar refractivity (Wildman–Crippen MR) is 96.4 cm³/mol.